The highest BCUT2D eigenvalue weighted by atomic mass is 19.4. The van der Waals surface area contributed by atoms with Gasteiger partial charge in [-0.25, -0.2) is 0 Å². The zero-order valence-electron chi connectivity index (χ0n) is 12.4. The van der Waals surface area contributed by atoms with Crippen LogP contribution >= 0.6 is 0 Å². The summed E-state index contributed by atoms with van der Waals surface area (Å²) in [6, 6.07) is 5.52. The van der Waals surface area contributed by atoms with Gasteiger partial charge in [-0.1, -0.05) is 0 Å². The Morgan fingerprint density at radius 3 is 2.29 bits per heavy atom. The van der Waals surface area contributed by atoms with Crippen LogP contribution < -0.4 is 10.6 Å². The second-order valence-corrected chi connectivity index (χ2v) is 4.63. The molecular weight excluding hydrogens is 333 g/mol. The number of carbonyl (C=O) groups excluding carboxylic acids is 2. The number of hydrogen-bond donors (Lipinski definition) is 3. The first-order valence-corrected chi connectivity index (χ1v) is 6.72. The summed E-state index contributed by atoms with van der Waals surface area (Å²) >= 11 is 0. The third-order valence-electron chi connectivity index (χ3n) is 2.55. The zero-order chi connectivity index (χ0) is 18.2. The van der Waals surface area contributed by atoms with Crippen molar-refractivity contribution in [3.63, 3.8) is 0 Å². The Morgan fingerprint density at radius 1 is 1.12 bits per heavy atom. The molecular formula is C14H15F3N2O5. The summed E-state index contributed by atoms with van der Waals surface area (Å²) in [5.41, 5.74) is 0.518. The normalized spacial score (nSPS) is 11.0. The molecule has 3 N–H and O–H groups in total. The molecule has 0 spiro atoms. The largest absolute Gasteiger partial charge is 0.481 e. The number of rotatable bonds is 8. The van der Waals surface area contributed by atoms with Crippen molar-refractivity contribution in [1.82, 2.24) is 5.32 Å². The van der Waals surface area contributed by atoms with Gasteiger partial charge >= 0.3 is 12.1 Å². The summed E-state index contributed by atoms with van der Waals surface area (Å²) < 4.78 is 39.8. The Kier molecular flexibility index (Phi) is 7.18. The molecule has 132 valence electrons. The standard InChI is InChI=1S/C14H15F3N2O5/c15-14(16,17)8-24-7-11(20)19-10-3-1-9(2-4-10)13(23)18-6-5-12(21)22/h1-4H,5-8H2,(H,18,23)(H,19,20)(H,21,22). The number of nitrogens with one attached hydrogen (secondary N) is 2. The SMILES string of the molecule is O=C(O)CCNC(=O)c1ccc(NC(=O)COCC(F)(F)F)cc1. The molecule has 1 rings (SSSR count). The fraction of sp³-hybridized carbons (Fsp3) is 0.357. The summed E-state index contributed by atoms with van der Waals surface area (Å²) in [6.45, 7) is -2.30. The van der Waals surface area contributed by atoms with Crippen LogP contribution in [0.1, 0.15) is 16.8 Å². The van der Waals surface area contributed by atoms with Gasteiger partial charge in [-0.15, -0.1) is 0 Å². The van der Waals surface area contributed by atoms with Gasteiger partial charge in [0.2, 0.25) is 5.91 Å². The molecule has 0 aliphatic carbocycles. The maximum atomic E-state index is 11.9. The summed E-state index contributed by atoms with van der Waals surface area (Å²) in [5.74, 6) is -2.29. The fourth-order valence-corrected chi connectivity index (χ4v) is 1.55. The predicted molar refractivity (Wildman–Crippen MR) is 76.5 cm³/mol. The van der Waals surface area contributed by atoms with Crippen LogP contribution in [0.5, 0.6) is 0 Å². The summed E-state index contributed by atoms with van der Waals surface area (Å²) in [7, 11) is 0. The van der Waals surface area contributed by atoms with Crippen LogP contribution in [0.15, 0.2) is 24.3 Å². The second kappa shape index (κ2) is 8.87. The highest BCUT2D eigenvalue weighted by Gasteiger charge is 2.27. The van der Waals surface area contributed by atoms with E-state index in [4.69, 9.17) is 5.11 Å². The van der Waals surface area contributed by atoms with Crippen LogP contribution in [0.4, 0.5) is 18.9 Å². The van der Waals surface area contributed by atoms with E-state index in [1.807, 2.05) is 0 Å². The van der Waals surface area contributed by atoms with Crippen molar-refractivity contribution in [2.45, 2.75) is 12.6 Å². The number of amides is 2. The lowest BCUT2D eigenvalue weighted by Gasteiger charge is -2.09. The maximum absolute atomic E-state index is 11.9. The van der Waals surface area contributed by atoms with Crippen molar-refractivity contribution in [3.05, 3.63) is 29.8 Å². The van der Waals surface area contributed by atoms with Crippen LogP contribution in [-0.4, -0.2) is 48.8 Å². The minimum atomic E-state index is -4.50. The average Bonchev–Trinajstić information content (AvgIpc) is 2.46. The van der Waals surface area contributed by atoms with Crippen LogP contribution in [0, 0.1) is 0 Å². The zero-order valence-corrected chi connectivity index (χ0v) is 12.4. The number of halogens is 3. The van der Waals surface area contributed by atoms with E-state index in [0.717, 1.165) is 0 Å². The number of carboxylic acid groups (broad SMARTS) is 1. The molecule has 0 aliphatic heterocycles. The van der Waals surface area contributed by atoms with Gasteiger partial charge in [-0.05, 0) is 24.3 Å². The minimum Gasteiger partial charge on any atom is -0.481 e. The quantitative estimate of drug-likeness (QED) is 0.659. The van der Waals surface area contributed by atoms with Crippen molar-refractivity contribution in [2.75, 3.05) is 25.1 Å². The first-order chi connectivity index (χ1) is 11.2. The highest BCUT2D eigenvalue weighted by Crippen LogP contribution is 2.14. The van der Waals surface area contributed by atoms with Gasteiger partial charge in [0.15, 0.2) is 0 Å². The number of carbonyl (C=O) groups is 3. The van der Waals surface area contributed by atoms with Crippen LogP contribution in [0.2, 0.25) is 0 Å². The van der Waals surface area contributed by atoms with Crippen molar-refractivity contribution in [3.8, 4) is 0 Å². The molecule has 1 aromatic rings. The molecule has 0 aromatic heterocycles. The van der Waals surface area contributed by atoms with E-state index in [-0.39, 0.29) is 24.2 Å². The van der Waals surface area contributed by atoms with Gasteiger partial charge in [0.25, 0.3) is 5.91 Å². The van der Waals surface area contributed by atoms with Gasteiger partial charge < -0.3 is 20.5 Å². The molecule has 0 bridgehead atoms. The number of ether oxygens (including phenoxy) is 1. The molecule has 0 radical (unpaired) electrons. The summed E-state index contributed by atoms with van der Waals surface area (Å²) in [4.78, 5) is 33.4. The molecule has 10 heteroatoms. The van der Waals surface area contributed by atoms with Crippen molar-refractivity contribution >= 4 is 23.5 Å². The summed E-state index contributed by atoms with van der Waals surface area (Å²) in [6.07, 6.45) is -4.71. The molecule has 0 atom stereocenters. The van der Waals surface area contributed by atoms with E-state index in [2.05, 4.69) is 15.4 Å². The van der Waals surface area contributed by atoms with E-state index in [1.54, 1.807) is 0 Å². The van der Waals surface area contributed by atoms with E-state index in [9.17, 15) is 27.6 Å². The third kappa shape index (κ3) is 8.13. The van der Waals surface area contributed by atoms with E-state index in [1.165, 1.54) is 24.3 Å². The van der Waals surface area contributed by atoms with Gasteiger partial charge in [-0.3, -0.25) is 14.4 Å². The number of alkyl halides is 3. The first kappa shape index (κ1) is 19.4. The molecule has 0 heterocycles. The fourth-order valence-electron chi connectivity index (χ4n) is 1.55. The maximum Gasteiger partial charge on any atom is 0.411 e. The molecule has 0 unspecified atom stereocenters. The molecule has 0 saturated carbocycles. The summed E-state index contributed by atoms with van der Waals surface area (Å²) in [5, 5.41) is 13.2. The van der Waals surface area contributed by atoms with Gasteiger partial charge in [-0.2, -0.15) is 13.2 Å². The third-order valence-corrected chi connectivity index (χ3v) is 2.55. The van der Waals surface area contributed by atoms with Gasteiger partial charge in [0.1, 0.15) is 13.2 Å². The van der Waals surface area contributed by atoms with Crippen molar-refractivity contribution in [2.24, 2.45) is 0 Å². The Balaban J connectivity index is 2.42. The van der Waals surface area contributed by atoms with Crippen LogP contribution in [0.3, 0.4) is 0 Å². The Hall–Kier alpha value is -2.62. The Bertz CT molecular complexity index is 587. The molecule has 1 aromatic carbocycles. The Labute approximate surface area is 134 Å². The van der Waals surface area contributed by atoms with E-state index >= 15 is 0 Å². The lowest BCUT2D eigenvalue weighted by Crippen LogP contribution is -2.26. The van der Waals surface area contributed by atoms with E-state index < -0.39 is 37.2 Å². The molecule has 7 nitrogen and oxygen atoms in total. The van der Waals surface area contributed by atoms with E-state index in [0.29, 0.717) is 0 Å². The molecule has 24 heavy (non-hydrogen) atoms. The van der Waals surface area contributed by atoms with Gasteiger partial charge in [0, 0.05) is 17.8 Å². The number of hydrogen-bond acceptors (Lipinski definition) is 4. The topological polar surface area (TPSA) is 105 Å². The molecule has 0 fully saturated rings. The number of carboxylic acids is 1. The van der Waals surface area contributed by atoms with Crippen molar-refractivity contribution in [1.29, 1.82) is 0 Å². The van der Waals surface area contributed by atoms with Crippen molar-refractivity contribution < 1.29 is 37.4 Å². The smallest absolute Gasteiger partial charge is 0.411 e. The average molecular weight is 348 g/mol. The number of aliphatic carboxylic acids is 1. The van der Waals surface area contributed by atoms with Crippen LogP contribution in [0.25, 0.3) is 0 Å². The lowest BCUT2D eigenvalue weighted by atomic mass is 10.2. The van der Waals surface area contributed by atoms with Gasteiger partial charge in [0.05, 0.1) is 6.42 Å². The van der Waals surface area contributed by atoms with Crippen LogP contribution in [-0.2, 0) is 14.3 Å². The monoisotopic (exact) mass is 348 g/mol. The highest BCUT2D eigenvalue weighted by molar-refractivity contribution is 5.96. The predicted octanol–water partition coefficient (Wildman–Crippen LogP) is 1.41. The second-order valence-electron chi connectivity index (χ2n) is 4.63. The molecule has 0 saturated heterocycles. The Morgan fingerprint density at radius 2 is 1.75 bits per heavy atom. The first-order valence-electron chi connectivity index (χ1n) is 6.72. The number of benzene rings is 1. The minimum absolute atomic E-state index is 0.0246. The number of anilines is 1. The molecule has 2 amide bonds. The molecule has 0 aliphatic rings. The lowest BCUT2D eigenvalue weighted by molar-refractivity contribution is -0.174.